The second-order valence-electron chi connectivity index (χ2n) is 4.75. The number of amides is 1. The van der Waals surface area contributed by atoms with E-state index < -0.39 is 0 Å². The molecule has 1 amide bonds. The first-order chi connectivity index (χ1) is 11.0. The Bertz CT molecular complexity index is 765. The molecule has 0 radical (unpaired) electrons. The van der Waals surface area contributed by atoms with Gasteiger partial charge in [0.05, 0.1) is 16.5 Å². The zero-order chi connectivity index (χ0) is 16.8. The van der Waals surface area contributed by atoms with Crippen LogP contribution in [0.1, 0.15) is 19.0 Å². The van der Waals surface area contributed by atoms with Crippen molar-refractivity contribution in [3.05, 3.63) is 50.4 Å². The van der Waals surface area contributed by atoms with E-state index in [4.69, 9.17) is 23.2 Å². The Morgan fingerprint density at radius 2 is 2.13 bits per heavy atom. The molecule has 1 aromatic carbocycles. The van der Waals surface area contributed by atoms with E-state index in [1.165, 1.54) is 6.07 Å². The number of rotatable bonds is 6. The third kappa shape index (κ3) is 5.57. The SMILES string of the molecule is CCCc1cc(=O)[nH]c(SCC(=O)Nc2cc(Cl)ccc2Cl)n1. The number of nitrogens with zero attached hydrogens (tertiary/aromatic N) is 1. The maximum Gasteiger partial charge on any atom is 0.251 e. The largest absolute Gasteiger partial charge is 0.324 e. The van der Waals surface area contributed by atoms with Crippen LogP contribution in [-0.4, -0.2) is 21.6 Å². The summed E-state index contributed by atoms with van der Waals surface area (Å²) in [6.07, 6.45) is 1.62. The van der Waals surface area contributed by atoms with E-state index in [0.29, 0.717) is 20.9 Å². The van der Waals surface area contributed by atoms with Gasteiger partial charge in [0.15, 0.2) is 5.16 Å². The Kier molecular flexibility index (Phi) is 6.50. The van der Waals surface area contributed by atoms with Gasteiger partial charge in [-0.25, -0.2) is 4.98 Å². The molecule has 1 aromatic heterocycles. The maximum atomic E-state index is 12.0. The molecule has 0 unspecified atom stereocenters. The highest BCUT2D eigenvalue weighted by molar-refractivity contribution is 7.99. The Labute approximate surface area is 147 Å². The van der Waals surface area contributed by atoms with Gasteiger partial charge in [0.25, 0.3) is 5.56 Å². The molecule has 0 saturated heterocycles. The van der Waals surface area contributed by atoms with Gasteiger partial charge in [-0.15, -0.1) is 0 Å². The average Bonchev–Trinajstić information content (AvgIpc) is 2.49. The number of nitrogens with one attached hydrogen (secondary N) is 2. The summed E-state index contributed by atoms with van der Waals surface area (Å²) in [6, 6.07) is 6.30. The van der Waals surface area contributed by atoms with Crippen LogP contribution >= 0.6 is 35.0 Å². The van der Waals surface area contributed by atoms with E-state index in [-0.39, 0.29) is 17.2 Å². The van der Waals surface area contributed by atoms with Crippen LogP contribution in [0, 0.1) is 0 Å². The van der Waals surface area contributed by atoms with Gasteiger partial charge >= 0.3 is 0 Å². The molecule has 2 rings (SSSR count). The van der Waals surface area contributed by atoms with E-state index in [2.05, 4.69) is 15.3 Å². The highest BCUT2D eigenvalue weighted by atomic mass is 35.5. The predicted molar refractivity (Wildman–Crippen MR) is 94.7 cm³/mol. The first-order valence-electron chi connectivity index (χ1n) is 6.96. The van der Waals surface area contributed by atoms with Crippen LogP contribution in [0.2, 0.25) is 10.0 Å². The fourth-order valence-corrected chi connectivity index (χ4v) is 2.88. The second kappa shape index (κ2) is 8.38. The molecule has 1 heterocycles. The Hall–Kier alpha value is -1.50. The molecule has 0 saturated carbocycles. The lowest BCUT2D eigenvalue weighted by Crippen LogP contribution is -2.16. The van der Waals surface area contributed by atoms with Crippen LogP contribution in [0.15, 0.2) is 34.2 Å². The highest BCUT2D eigenvalue weighted by Crippen LogP contribution is 2.25. The summed E-state index contributed by atoms with van der Waals surface area (Å²) in [7, 11) is 0. The van der Waals surface area contributed by atoms with Gasteiger partial charge in [-0.2, -0.15) is 0 Å². The fraction of sp³-hybridized carbons (Fsp3) is 0.267. The molecule has 0 fully saturated rings. The third-order valence-corrected chi connectivity index (χ3v) is 4.26. The van der Waals surface area contributed by atoms with Gasteiger partial charge in [0.2, 0.25) is 5.91 Å². The van der Waals surface area contributed by atoms with Gasteiger partial charge < -0.3 is 10.3 Å². The Morgan fingerprint density at radius 3 is 2.87 bits per heavy atom. The molecule has 0 aliphatic heterocycles. The normalized spacial score (nSPS) is 10.6. The summed E-state index contributed by atoms with van der Waals surface area (Å²) in [5.74, 6) is -0.163. The zero-order valence-corrected chi connectivity index (χ0v) is 14.7. The summed E-state index contributed by atoms with van der Waals surface area (Å²) >= 11 is 13.0. The van der Waals surface area contributed by atoms with Crippen LogP contribution in [0.5, 0.6) is 0 Å². The number of aromatic nitrogens is 2. The number of anilines is 1. The minimum Gasteiger partial charge on any atom is -0.324 e. The smallest absolute Gasteiger partial charge is 0.251 e. The first-order valence-corrected chi connectivity index (χ1v) is 8.70. The van der Waals surface area contributed by atoms with Crippen molar-refractivity contribution in [2.75, 3.05) is 11.1 Å². The highest BCUT2D eigenvalue weighted by Gasteiger charge is 2.09. The molecular weight excluding hydrogens is 357 g/mol. The third-order valence-electron chi connectivity index (χ3n) is 2.82. The number of aryl methyl sites for hydroxylation is 1. The number of halogens is 2. The topological polar surface area (TPSA) is 74.8 Å². The molecule has 0 aliphatic rings. The monoisotopic (exact) mass is 371 g/mol. The van der Waals surface area contributed by atoms with E-state index in [1.807, 2.05) is 6.92 Å². The number of aromatic amines is 1. The van der Waals surface area contributed by atoms with E-state index >= 15 is 0 Å². The molecule has 122 valence electrons. The first kappa shape index (κ1) is 17.8. The lowest BCUT2D eigenvalue weighted by Gasteiger charge is -2.07. The van der Waals surface area contributed by atoms with E-state index in [9.17, 15) is 9.59 Å². The van der Waals surface area contributed by atoms with Crippen LogP contribution in [0.3, 0.4) is 0 Å². The van der Waals surface area contributed by atoms with Crippen molar-refractivity contribution in [1.29, 1.82) is 0 Å². The minimum atomic E-state index is -0.261. The number of benzene rings is 1. The summed E-state index contributed by atoms with van der Waals surface area (Å²) < 4.78 is 0. The molecular formula is C15H15Cl2N3O2S. The van der Waals surface area contributed by atoms with Crippen molar-refractivity contribution in [3.8, 4) is 0 Å². The molecule has 8 heteroatoms. The van der Waals surface area contributed by atoms with Crippen LogP contribution < -0.4 is 10.9 Å². The van der Waals surface area contributed by atoms with Gasteiger partial charge in [-0.3, -0.25) is 9.59 Å². The van der Waals surface area contributed by atoms with E-state index in [1.54, 1.807) is 18.2 Å². The fourth-order valence-electron chi connectivity index (χ4n) is 1.85. The number of hydrogen-bond acceptors (Lipinski definition) is 4. The second-order valence-corrected chi connectivity index (χ2v) is 6.56. The van der Waals surface area contributed by atoms with Gasteiger partial charge in [-0.05, 0) is 24.6 Å². The molecule has 23 heavy (non-hydrogen) atoms. The molecule has 0 spiro atoms. The van der Waals surface area contributed by atoms with Gasteiger partial charge in [0, 0.05) is 16.8 Å². The number of hydrogen-bond donors (Lipinski definition) is 2. The molecule has 5 nitrogen and oxygen atoms in total. The number of carbonyl (C=O) groups excluding carboxylic acids is 1. The summed E-state index contributed by atoms with van der Waals surface area (Å²) in [5.41, 5.74) is 0.951. The van der Waals surface area contributed by atoms with Crippen molar-refractivity contribution in [2.24, 2.45) is 0 Å². The van der Waals surface area contributed by atoms with Crippen LogP contribution in [-0.2, 0) is 11.2 Å². The van der Waals surface area contributed by atoms with Crippen LogP contribution in [0.4, 0.5) is 5.69 Å². The van der Waals surface area contributed by atoms with Gasteiger partial charge in [0.1, 0.15) is 0 Å². The quantitative estimate of drug-likeness (QED) is 0.598. The molecule has 0 atom stereocenters. The number of H-pyrrole nitrogens is 1. The van der Waals surface area contributed by atoms with Crippen molar-refractivity contribution in [3.63, 3.8) is 0 Å². The van der Waals surface area contributed by atoms with E-state index in [0.717, 1.165) is 30.3 Å². The van der Waals surface area contributed by atoms with Crippen LogP contribution in [0.25, 0.3) is 0 Å². The lowest BCUT2D eigenvalue weighted by atomic mass is 10.2. The zero-order valence-electron chi connectivity index (χ0n) is 12.4. The minimum absolute atomic E-state index is 0.0986. The maximum absolute atomic E-state index is 12.0. The van der Waals surface area contributed by atoms with Crippen molar-refractivity contribution in [2.45, 2.75) is 24.9 Å². The Balaban J connectivity index is 1.99. The molecule has 0 bridgehead atoms. The summed E-state index contributed by atoms with van der Waals surface area (Å²) in [6.45, 7) is 2.01. The summed E-state index contributed by atoms with van der Waals surface area (Å²) in [5, 5.41) is 3.99. The average molecular weight is 372 g/mol. The predicted octanol–water partition coefficient (Wildman–Crippen LogP) is 3.76. The molecule has 0 aliphatic carbocycles. The molecule has 2 aromatic rings. The number of carbonyl (C=O) groups is 1. The van der Waals surface area contributed by atoms with Crippen molar-refractivity contribution < 1.29 is 4.79 Å². The van der Waals surface area contributed by atoms with Gasteiger partial charge in [-0.1, -0.05) is 48.3 Å². The Morgan fingerprint density at radius 1 is 1.35 bits per heavy atom. The van der Waals surface area contributed by atoms with Crippen molar-refractivity contribution >= 4 is 46.6 Å². The standard InChI is InChI=1S/C15H15Cl2N3O2S/c1-2-3-10-7-13(21)20-15(18-10)23-8-14(22)19-12-6-9(16)4-5-11(12)17/h4-7H,2-3,8H2,1H3,(H,19,22)(H,18,20,21). The number of thioether (sulfide) groups is 1. The lowest BCUT2D eigenvalue weighted by molar-refractivity contribution is -0.113. The molecule has 2 N–H and O–H groups in total. The van der Waals surface area contributed by atoms with Crippen molar-refractivity contribution in [1.82, 2.24) is 9.97 Å². The summed E-state index contributed by atoms with van der Waals surface area (Å²) in [4.78, 5) is 30.5.